The number of aromatic nitrogens is 4. The van der Waals surface area contributed by atoms with Crippen molar-refractivity contribution in [3.05, 3.63) is 218 Å². The highest BCUT2D eigenvalue weighted by Gasteiger charge is 2.34. The van der Waals surface area contributed by atoms with E-state index in [4.69, 9.17) is 4.98 Å². The van der Waals surface area contributed by atoms with E-state index in [1.807, 2.05) is 29.7 Å². The first-order chi connectivity index (χ1) is 37.7. The van der Waals surface area contributed by atoms with Crippen LogP contribution >= 0.6 is 34.0 Å². The monoisotopic (exact) mass is 1020 g/mol. The normalized spacial score (nSPS) is 12.2. The second-order valence-corrected chi connectivity index (χ2v) is 22.6. The largest absolute Gasteiger partial charge is 0.307 e. The van der Waals surface area contributed by atoms with Crippen molar-refractivity contribution in [2.45, 2.75) is 0 Å². The molecule has 0 saturated carbocycles. The first kappa shape index (κ1) is 41.8. The maximum atomic E-state index is 12.3. The number of thiophene rings is 3. The van der Waals surface area contributed by atoms with Gasteiger partial charge in [-0.2, -0.15) is 10.5 Å². The van der Waals surface area contributed by atoms with Crippen molar-refractivity contribution in [2.24, 2.45) is 0 Å². The molecule has 17 rings (SSSR count). The first-order valence-corrected chi connectivity index (χ1v) is 27.6. The topological polar surface area (TPSA) is 75.3 Å². The second-order valence-electron chi connectivity index (χ2n) is 19.5. The number of hydrogen-bond acceptors (Lipinski definition) is 6. The fraction of sp³-hybridized carbons (Fsp3) is 0. The predicted octanol–water partition coefficient (Wildman–Crippen LogP) is 18.9. The second kappa shape index (κ2) is 15.5. The Kier molecular flexibility index (Phi) is 8.51. The summed E-state index contributed by atoms with van der Waals surface area (Å²) in [6, 6.07) is 76.6. The van der Waals surface area contributed by atoms with Crippen molar-refractivity contribution in [3.8, 4) is 40.5 Å². The zero-order chi connectivity index (χ0) is 49.9. The molecule has 0 atom stereocenters. The lowest BCUT2D eigenvalue weighted by molar-refractivity contribution is 1.06. The quantitative estimate of drug-likeness (QED) is 0.176. The summed E-state index contributed by atoms with van der Waals surface area (Å²) < 4.78 is 14.1. The van der Waals surface area contributed by atoms with Crippen LogP contribution < -0.4 is 0 Å². The molecule has 0 aliphatic rings. The Bertz CT molecular complexity index is 5510. The molecule has 17 aromatic rings. The van der Waals surface area contributed by atoms with Crippen molar-refractivity contribution >= 4 is 160 Å². The maximum Gasteiger partial charge on any atom is 0.103 e. The summed E-state index contributed by atoms with van der Waals surface area (Å²) in [5.41, 5.74) is 9.61. The number of benzene rings is 10. The minimum atomic E-state index is 0.266. The third kappa shape index (κ3) is 5.38. The third-order valence-corrected chi connectivity index (χ3v) is 19.4. The van der Waals surface area contributed by atoms with Crippen LogP contribution in [0.5, 0.6) is 0 Å². The van der Waals surface area contributed by atoms with Gasteiger partial charge in [0.05, 0.1) is 72.5 Å². The van der Waals surface area contributed by atoms with Gasteiger partial charge in [-0.3, -0.25) is 4.98 Å². The number of fused-ring (bicyclic) bond motifs is 21. The lowest BCUT2D eigenvalue weighted by Gasteiger charge is -2.26. The summed E-state index contributed by atoms with van der Waals surface area (Å²) in [6.45, 7) is 0. The average molecular weight is 1020 g/mol. The molecule has 0 bridgehead atoms. The Balaban J connectivity index is 1.15. The molecule has 6 nitrogen and oxygen atoms in total. The van der Waals surface area contributed by atoms with Gasteiger partial charge in [0.1, 0.15) is 12.1 Å². The van der Waals surface area contributed by atoms with Gasteiger partial charge in [-0.15, -0.1) is 34.0 Å². The van der Waals surface area contributed by atoms with E-state index in [1.165, 1.54) is 60.5 Å². The Morgan fingerprint density at radius 1 is 0.316 bits per heavy atom. The molecular weight excluding hydrogens is 985 g/mol. The zero-order valence-electron chi connectivity index (χ0n) is 40.0. The van der Waals surface area contributed by atoms with E-state index in [0.717, 1.165) is 76.7 Å². The lowest BCUT2D eigenvalue weighted by atomic mass is 9.93. The smallest absolute Gasteiger partial charge is 0.103 e. The third-order valence-electron chi connectivity index (χ3n) is 15.8. The van der Waals surface area contributed by atoms with Gasteiger partial charge in [-0.25, -0.2) is 0 Å². The molecule has 0 spiro atoms. The first-order valence-electron chi connectivity index (χ1n) is 25.2. The standard InChI is InChI=1S/C67H34N6S3/c68-35-46-47(36-69)63(72-50-23-8-2-19-44(50)59-53(72)32-29-41-38-16-5-11-26-56(38)75-66(41)59)64(73-51-24-9-3-20-45(51)60-54(73)33-30-42-39-17-6-12-27-57(39)76-67(42)60)61(48-21-13-14-34-70-48)62(46)71-49-22-7-1-18-43(49)58-52(71)31-28-40-37-15-4-10-25-55(37)74-65(40)58/h1-34H. The number of nitrogens with zero attached hydrogens (tertiary/aromatic N) is 6. The van der Waals surface area contributed by atoms with E-state index in [2.05, 4.69) is 214 Å². The minimum absolute atomic E-state index is 0.266. The van der Waals surface area contributed by atoms with Crippen molar-refractivity contribution in [2.75, 3.05) is 0 Å². The Labute approximate surface area is 444 Å². The van der Waals surface area contributed by atoms with Crippen LogP contribution in [-0.2, 0) is 0 Å². The summed E-state index contributed by atoms with van der Waals surface area (Å²) in [4.78, 5) is 5.29. The molecule has 0 unspecified atom stereocenters. The number of hydrogen-bond donors (Lipinski definition) is 0. The molecule has 7 aromatic heterocycles. The summed E-state index contributed by atoms with van der Waals surface area (Å²) in [5.74, 6) is 0. The fourth-order valence-corrected chi connectivity index (χ4v) is 16.5. The van der Waals surface area contributed by atoms with Gasteiger partial charge in [-0.05, 0) is 66.7 Å². The molecule has 9 heteroatoms. The summed E-state index contributed by atoms with van der Waals surface area (Å²) in [5, 5.41) is 38.3. The van der Waals surface area contributed by atoms with Gasteiger partial charge in [0.15, 0.2) is 0 Å². The van der Waals surface area contributed by atoms with E-state index in [0.29, 0.717) is 17.1 Å². The minimum Gasteiger partial charge on any atom is -0.307 e. The van der Waals surface area contributed by atoms with Crippen LogP contribution in [0.3, 0.4) is 0 Å². The van der Waals surface area contributed by atoms with Gasteiger partial charge in [0, 0.05) is 99.0 Å². The Hall–Kier alpha value is -9.61. The van der Waals surface area contributed by atoms with Gasteiger partial charge < -0.3 is 13.7 Å². The molecule has 0 amide bonds. The molecular formula is C67H34N6S3. The predicted molar refractivity (Wildman–Crippen MR) is 321 cm³/mol. The van der Waals surface area contributed by atoms with E-state index in [-0.39, 0.29) is 11.1 Å². The summed E-state index contributed by atoms with van der Waals surface area (Å²) in [7, 11) is 0. The SMILES string of the molecule is N#Cc1c(C#N)c(-n2c3ccccc3c3c4sc5ccccc5c4ccc32)c(-n2c3ccccc3c3c4sc5ccccc5c4ccc32)c(-c2ccccn2)c1-n1c2ccccc2c2c3sc4ccccc4c3ccc21. The molecule has 350 valence electrons. The molecule has 0 N–H and O–H groups in total. The number of para-hydroxylation sites is 3. The lowest BCUT2D eigenvalue weighted by Crippen LogP contribution is -2.14. The number of pyridine rings is 1. The molecule has 7 heterocycles. The van der Waals surface area contributed by atoms with Gasteiger partial charge >= 0.3 is 0 Å². The molecule has 76 heavy (non-hydrogen) atoms. The highest BCUT2D eigenvalue weighted by Crippen LogP contribution is 2.53. The van der Waals surface area contributed by atoms with Crippen molar-refractivity contribution in [1.82, 2.24) is 18.7 Å². The van der Waals surface area contributed by atoms with E-state index in [1.54, 1.807) is 22.7 Å². The number of rotatable bonds is 4. The van der Waals surface area contributed by atoms with Gasteiger partial charge in [0.2, 0.25) is 0 Å². The highest BCUT2D eigenvalue weighted by atomic mass is 32.1. The van der Waals surface area contributed by atoms with Crippen LogP contribution in [0.2, 0.25) is 0 Å². The van der Waals surface area contributed by atoms with E-state index >= 15 is 0 Å². The van der Waals surface area contributed by atoms with E-state index < -0.39 is 0 Å². The van der Waals surface area contributed by atoms with Crippen LogP contribution in [0.15, 0.2) is 206 Å². The molecule has 0 fully saturated rings. The zero-order valence-corrected chi connectivity index (χ0v) is 42.5. The number of nitriles is 2. The van der Waals surface area contributed by atoms with Crippen LogP contribution in [0, 0.1) is 22.7 Å². The highest BCUT2D eigenvalue weighted by molar-refractivity contribution is 7.27. The van der Waals surface area contributed by atoms with Crippen molar-refractivity contribution in [3.63, 3.8) is 0 Å². The van der Waals surface area contributed by atoms with Crippen LogP contribution in [-0.4, -0.2) is 18.7 Å². The molecule has 10 aromatic carbocycles. The van der Waals surface area contributed by atoms with Crippen LogP contribution in [0.4, 0.5) is 0 Å². The molecule has 0 aliphatic carbocycles. The van der Waals surface area contributed by atoms with E-state index in [9.17, 15) is 10.5 Å². The Morgan fingerprint density at radius 3 is 1.08 bits per heavy atom. The average Bonchev–Trinajstić information content (AvgIpc) is 4.50. The fourth-order valence-electron chi connectivity index (χ4n) is 12.8. The van der Waals surface area contributed by atoms with Crippen molar-refractivity contribution in [1.29, 1.82) is 10.5 Å². The Morgan fingerprint density at radius 2 is 0.671 bits per heavy atom. The molecule has 0 radical (unpaired) electrons. The van der Waals surface area contributed by atoms with Crippen LogP contribution in [0.1, 0.15) is 11.1 Å². The molecule has 0 aliphatic heterocycles. The van der Waals surface area contributed by atoms with Gasteiger partial charge in [-0.1, -0.05) is 133 Å². The summed E-state index contributed by atoms with van der Waals surface area (Å²) in [6.07, 6.45) is 1.84. The summed E-state index contributed by atoms with van der Waals surface area (Å²) >= 11 is 5.41. The van der Waals surface area contributed by atoms with Crippen molar-refractivity contribution < 1.29 is 0 Å². The molecule has 0 saturated heterocycles. The van der Waals surface area contributed by atoms with Gasteiger partial charge in [0.25, 0.3) is 0 Å². The maximum absolute atomic E-state index is 12.3. The van der Waals surface area contributed by atoms with Crippen LogP contribution in [0.25, 0.3) is 154 Å².